The van der Waals surface area contributed by atoms with Gasteiger partial charge in [-0.25, -0.2) is 0 Å². The van der Waals surface area contributed by atoms with Crippen LogP contribution in [0.5, 0.6) is 0 Å². The molecule has 1 heterocycles. The molecule has 0 unspecified atom stereocenters. The van der Waals surface area contributed by atoms with Crippen molar-refractivity contribution in [1.29, 1.82) is 0 Å². The van der Waals surface area contributed by atoms with Gasteiger partial charge in [-0.3, -0.25) is 0 Å². The van der Waals surface area contributed by atoms with Crippen molar-refractivity contribution in [3.63, 3.8) is 0 Å². The van der Waals surface area contributed by atoms with E-state index >= 15 is 0 Å². The van der Waals surface area contributed by atoms with Crippen molar-refractivity contribution < 1.29 is 0 Å². The molecule has 0 aliphatic heterocycles. The highest BCUT2D eigenvalue weighted by Crippen LogP contribution is 2.58. The highest BCUT2D eigenvalue weighted by atomic mass is 15.1. The number of para-hydroxylation sites is 2. The Balaban J connectivity index is 1.13. The van der Waals surface area contributed by atoms with E-state index in [1.807, 2.05) is 0 Å². The Bertz CT molecular complexity index is 2840. The molecule has 324 valence electrons. The average molecular weight is 839 g/mol. The molecular weight excluding hydrogens is 773 g/mol. The lowest BCUT2D eigenvalue weighted by atomic mass is 9.70. The average Bonchev–Trinajstić information content (AvgIpc) is 3.90. The third-order valence-electron chi connectivity index (χ3n) is 15.2. The van der Waals surface area contributed by atoms with E-state index in [2.05, 4.69) is 195 Å². The second-order valence-electron chi connectivity index (χ2n) is 19.5. The third-order valence-corrected chi connectivity index (χ3v) is 15.2. The largest absolute Gasteiger partial charge is 0.310 e. The molecule has 0 amide bonds. The standard InChI is InChI=1S/C62H66N2/c1-5-7-9-11-13-23-42-62(43-24-14-12-10-8-6-2)54-31-20-15-26-48(54)49-41-40-47(44-56(49)62)63(59-35-25-32-55-60(59)52-29-16-19-30-53(52)61(55,3)4)45-36-38-46(39-37-45)64-57-33-21-17-27-50(57)51-28-18-22-34-58(51)64/h15-22,25-41,44H,5-14,23-24,42-43H2,1-4H3. The van der Waals surface area contributed by atoms with Gasteiger partial charge < -0.3 is 9.47 Å². The smallest absolute Gasteiger partial charge is 0.0543 e. The van der Waals surface area contributed by atoms with Gasteiger partial charge >= 0.3 is 0 Å². The quantitative estimate of drug-likeness (QED) is 0.0782. The summed E-state index contributed by atoms with van der Waals surface area (Å²) >= 11 is 0. The Labute approximate surface area is 383 Å². The van der Waals surface area contributed by atoms with Crippen LogP contribution in [0.15, 0.2) is 158 Å². The first-order valence-corrected chi connectivity index (χ1v) is 24.8. The number of rotatable bonds is 18. The van der Waals surface area contributed by atoms with Crippen LogP contribution in [0.4, 0.5) is 17.1 Å². The number of aromatic nitrogens is 1. The van der Waals surface area contributed by atoms with E-state index in [-0.39, 0.29) is 10.8 Å². The van der Waals surface area contributed by atoms with Crippen molar-refractivity contribution in [1.82, 2.24) is 4.57 Å². The van der Waals surface area contributed by atoms with Gasteiger partial charge in [0.2, 0.25) is 0 Å². The molecule has 2 heteroatoms. The molecule has 0 spiro atoms. The SMILES string of the molecule is CCCCCCCCC1(CCCCCCCC)c2ccccc2-c2ccc(N(c3ccc(-n4c5ccccc5c5ccccc54)cc3)c3cccc4c3-c3ccccc3C4(C)C)cc21. The van der Waals surface area contributed by atoms with Crippen LogP contribution in [0, 0.1) is 0 Å². The molecule has 2 aliphatic carbocycles. The zero-order valence-corrected chi connectivity index (χ0v) is 38.8. The topological polar surface area (TPSA) is 8.17 Å². The van der Waals surface area contributed by atoms with Crippen LogP contribution in [-0.2, 0) is 10.8 Å². The maximum absolute atomic E-state index is 2.63. The minimum atomic E-state index is -0.100. The fourth-order valence-electron chi connectivity index (χ4n) is 12.0. The molecule has 2 nitrogen and oxygen atoms in total. The monoisotopic (exact) mass is 839 g/mol. The summed E-state index contributed by atoms with van der Waals surface area (Å²) in [5, 5.41) is 2.57. The summed E-state index contributed by atoms with van der Waals surface area (Å²) in [5.74, 6) is 0. The van der Waals surface area contributed by atoms with Crippen LogP contribution in [0.3, 0.4) is 0 Å². The van der Waals surface area contributed by atoms with E-state index in [0.29, 0.717) is 0 Å². The molecule has 0 bridgehead atoms. The van der Waals surface area contributed by atoms with Crippen LogP contribution in [0.2, 0.25) is 0 Å². The van der Waals surface area contributed by atoms with Gasteiger partial charge in [0, 0.05) is 44.2 Å². The summed E-state index contributed by atoms with van der Waals surface area (Å²) in [7, 11) is 0. The van der Waals surface area contributed by atoms with Crippen molar-refractivity contribution in [2.75, 3.05) is 4.90 Å². The lowest BCUT2D eigenvalue weighted by Crippen LogP contribution is -2.26. The summed E-state index contributed by atoms with van der Waals surface area (Å²) in [6, 6.07) is 60.2. The van der Waals surface area contributed by atoms with Crippen LogP contribution in [-0.4, -0.2) is 4.57 Å². The molecular formula is C62H66N2. The number of unbranched alkanes of at least 4 members (excludes halogenated alkanes) is 10. The zero-order valence-electron chi connectivity index (χ0n) is 38.8. The van der Waals surface area contributed by atoms with E-state index in [9.17, 15) is 0 Å². The van der Waals surface area contributed by atoms with Gasteiger partial charge in [0.05, 0.1) is 16.7 Å². The van der Waals surface area contributed by atoms with Gasteiger partial charge in [0.25, 0.3) is 0 Å². The first-order valence-electron chi connectivity index (χ1n) is 24.8. The van der Waals surface area contributed by atoms with Crippen LogP contribution < -0.4 is 4.90 Å². The molecule has 8 aromatic rings. The molecule has 0 N–H and O–H groups in total. The molecule has 2 aliphatic rings. The molecule has 0 atom stereocenters. The summed E-state index contributed by atoms with van der Waals surface area (Å²) in [4.78, 5) is 2.59. The van der Waals surface area contributed by atoms with Crippen LogP contribution >= 0.6 is 0 Å². The maximum Gasteiger partial charge on any atom is 0.0543 e. The van der Waals surface area contributed by atoms with Crippen molar-refractivity contribution in [3.8, 4) is 27.9 Å². The van der Waals surface area contributed by atoms with Crippen molar-refractivity contribution in [2.24, 2.45) is 0 Å². The fraction of sp³-hybridized carbons (Fsp3) is 0.323. The van der Waals surface area contributed by atoms with Gasteiger partial charge in [0.1, 0.15) is 0 Å². The number of benzene rings is 7. The number of hydrogen-bond donors (Lipinski definition) is 0. The van der Waals surface area contributed by atoms with E-state index in [4.69, 9.17) is 0 Å². The van der Waals surface area contributed by atoms with Crippen LogP contribution in [0.1, 0.15) is 140 Å². The molecule has 7 aromatic carbocycles. The Kier molecular flexibility index (Phi) is 11.8. The Morgan fingerprint density at radius 2 is 0.938 bits per heavy atom. The summed E-state index contributed by atoms with van der Waals surface area (Å²) in [6.45, 7) is 9.45. The minimum absolute atomic E-state index is 0.00324. The first-order chi connectivity index (χ1) is 31.5. The Morgan fingerprint density at radius 3 is 1.59 bits per heavy atom. The lowest BCUT2D eigenvalue weighted by molar-refractivity contribution is 0.398. The number of fused-ring (bicyclic) bond motifs is 9. The second kappa shape index (κ2) is 18.0. The molecule has 0 saturated heterocycles. The van der Waals surface area contributed by atoms with Crippen molar-refractivity contribution in [3.05, 3.63) is 180 Å². The van der Waals surface area contributed by atoms with Gasteiger partial charge in [-0.05, 0) is 106 Å². The third kappa shape index (κ3) is 7.28. The highest BCUT2D eigenvalue weighted by molar-refractivity contribution is 6.09. The molecule has 10 rings (SSSR count). The summed E-state index contributed by atoms with van der Waals surface area (Å²) < 4.78 is 2.43. The van der Waals surface area contributed by atoms with E-state index in [1.165, 1.54) is 173 Å². The normalized spacial score (nSPS) is 14.1. The van der Waals surface area contributed by atoms with E-state index in [0.717, 1.165) is 0 Å². The molecule has 1 aromatic heterocycles. The van der Waals surface area contributed by atoms with Gasteiger partial charge in [-0.1, -0.05) is 208 Å². The highest BCUT2D eigenvalue weighted by Gasteiger charge is 2.43. The fourth-order valence-corrected chi connectivity index (χ4v) is 12.0. The lowest BCUT2D eigenvalue weighted by Gasteiger charge is -2.34. The second-order valence-corrected chi connectivity index (χ2v) is 19.5. The number of nitrogens with zero attached hydrogens (tertiary/aromatic N) is 2. The van der Waals surface area contributed by atoms with E-state index in [1.54, 1.807) is 5.56 Å². The molecule has 0 radical (unpaired) electrons. The minimum Gasteiger partial charge on any atom is -0.310 e. The van der Waals surface area contributed by atoms with Crippen molar-refractivity contribution in [2.45, 2.75) is 128 Å². The Morgan fingerprint density at radius 1 is 0.422 bits per heavy atom. The predicted octanol–water partition coefficient (Wildman–Crippen LogP) is 18.3. The maximum atomic E-state index is 2.63. The van der Waals surface area contributed by atoms with Gasteiger partial charge in [-0.2, -0.15) is 0 Å². The number of hydrogen-bond acceptors (Lipinski definition) is 1. The van der Waals surface area contributed by atoms with E-state index < -0.39 is 0 Å². The summed E-state index contributed by atoms with van der Waals surface area (Å²) in [5.41, 5.74) is 18.7. The zero-order chi connectivity index (χ0) is 43.7. The number of anilines is 3. The molecule has 64 heavy (non-hydrogen) atoms. The molecule has 0 fully saturated rings. The Hall–Kier alpha value is -5.86. The van der Waals surface area contributed by atoms with Crippen molar-refractivity contribution >= 4 is 38.9 Å². The first kappa shape index (κ1) is 42.1. The van der Waals surface area contributed by atoms with Gasteiger partial charge in [-0.15, -0.1) is 0 Å². The molecule has 0 saturated carbocycles. The van der Waals surface area contributed by atoms with Gasteiger partial charge in [0.15, 0.2) is 0 Å². The predicted molar refractivity (Wildman–Crippen MR) is 275 cm³/mol. The van der Waals surface area contributed by atoms with Crippen LogP contribution in [0.25, 0.3) is 49.7 Å². The summed E-state index contributed by atoms with van der Waals surface area (Å²) in [6.07, 6.45) is 18.2.